The highest BCUT2D eigenvalue weighted by molar-refractivity contribution is 5.89. The molecule has 0 radical (unpaired) electrons. The maximum Gasteiger partial charge on any atom is 0.319 e. The highest BCUT2D eigenvalue weighted by Crippen LogP contribution is 2.11. The van der Waals surface area contributed by atoms with Crippen LogP contribution in [0.4, 0.5) is 10.5 Å². The summed E-state index contributed by atoms with van der Waals surface area (Å²) in [5, 5.41) is 21.5. The molecule has 8 heteroatoms. The lowest BCUT2D eigenvalue weighted by atomic mass is 10.1. The number of hydrogen-bond acceptors (Lipinski definition) is 4. The van der Waals surface area contributed by atoms with Crippen LogP contribution >= 0.6 is 0 Å². The van der Waals surface area contributed by atoms with Crippen molar-refractivity contribution < 1.29 is 14.7 Å². The molecule has 2 rings (SSSR count). The van der Waals surface area contributed by atoms with Gasteiger partial charge in [0.1, 0.15) is 0 Å². The molecule has 8 nitrogen and oxygen atoms in total. The number of amides is 2. The van der Waals surface area contributed by atoms with Crippen LogP contribution in [0.2, 0.25) is 0 Å². The fourth-order valence-corrected chi connectivity index (χ4v) is 1.74. The van der Waals surface area contributed by atoms with Crippen molar-refractivity contribution in [3.05, 3.63) is 42.2 Å². The van der Waals surface area contributed by atoms with Crippen molar-refractivity contribution in [2.45, 2.75) is 13.0 Å². The van der Waals surface area contributed by atoms with E-state index >= 15 is 0 Å². The molecule has 0 saturated heterocycles. The Balaban J connectivity index is 1.80. The molecule has 0 bridgehead atoms. The molecule has 3 N–H and O–H groups in total. The summed E-state index contributed by atoms with van der Waals surface area (Å²) in [6.45, 7) is 0.927. The van der Waals surface area contributed by atoms with Crippen molar-refractivity contribution in [1.82, 2.24) is 20.3 Å². The predicted octanol–water partition coefficient (Wildman–Crippen LogP) is 0.727. The molecule has 1 aromatic carbocycles. The number of carbonyl (C=O) groups is 2. The Morgan fingerprint density at radius 1 is 1.33 bits per heavy atom. The van der Waals surface area contributed by atoms with Crippen LogP contribution in [-0.2, 0) is 17.8 Å². The lowest BCUT2D eigenvalue weighted by Gasteiger charge is -2.08. The zero-order valence-electron chi connectivity index (χ0n) is 11.2. The summed E-state index contributed by atoms with van der Waals surface area (Å²) in [6, 6.07) is 6.36. The molecule has 0 aliphatic heterocycles. The Labute approximate surface area is 120 Å². The van der Waals surface area contributed by atoms with Gasteiger partial charge in [0.15, 0.2) is 0 Å². The second-order valence-electron chi connectivity index (χ2n) is 4.32. The third kappa shape index (κ3) is 4.94. The SMILES string of the molecule is O=C(O)Cc1cccc(NC(=O)NCCn2ccnn2)c1. The van der Waals surface area contributed by atoms with Crippen LogP contribution in [0.3, 0.4) is 0 Å². The van der Waals surface area contributed by atoms with E-state index in [9.17, 15) is 9.59 Å². The van der Waals surface area contributed by atoms with Crippen LogP contribution in [0.25, 0.3) is 0 Å². The normalized spacial score (nSPS) is 10.1. The van der Waals surface area contributed by atoms with E-state index in [0.29, 0.717) is 24.3 Å². The van der Waals surface area contributed by atoms with E-state index in [2.05, 4.69) is 20.9 Å². The molecule has 0 saturated carbocycles. The number of carboxylic acids is 1. The average molecular weight is 289 g/mol. The lowest BCUT2D eigenvalue weighted by Crippen LogP contribution is -2.31. The number of rotatable bonds is 6. The van der Waals surface area contributed by atoms with Gasteiger partial charge in [-0.3, -0.25) is 9.48 Å². The maximum absolute atomic E-state index is 11.7. The first-order valence-electron chi connectivity index (χ1n) is 6.33. The zero-order chi connectivity index (χ0) is 15.1. The molecule has 21 heavy (non-hydrogen) atoms. The first-order chi connectivity index (χ1) is 10.1. The second-order valence-corrected chi connectivity index (χ2v) is 4.32. The van der Waals surface area contributed by atoms with E-state index in [0.717, 1.165) is 0 Å². The number of urea groups is 1. The summed E-state index contributed by atoms with van der Waals surface area (Å²) in [5.41, 5.74) is 1.18. The Bertz CT molecular complexity index is 612. The molecule has 0 aliphatic rings. The van der Waals surface area contributed by atoms with Gasteiger partial charge in [-0.15, -0.1) is 5.10 Å². The van der Waals surface area contributed by atoms with Crippen LogP contribution in [0.5, 0.6) is 0 Å². The van der Waals surface area contributed by atoms with Crippen LogP contribution in [0.1, 0.15) is 5.56 Å². The van der Waals surface area contributed by atoms with E-state index in [4.69, 9.17) is 5.11 Å². The number of aliphatic carboxylic acids is 1. The van der Waals surface area contributed by atoms with E-state index in [1.54, 1.807) is 41.3 Å². The number of carboxylic acid groups (broad SMARTS) is 1. The third-order valence-corrected chi connectivity index (χ3v) is 2.64. The highest BCUT2D eigenvalue weighted by Gasteiger charge is 2.04. The summed E-state index contributed by atoms with van der Waals surface area (Å²) in [6.07, 6.45) is 3.19. The molecular formula is C13H15N5O3. The van der Waals surface area contributed by atoms with Gasteiger partial charge in [-0.2, -0.15) is 0 Å². The third-order valence-electron chi connectivity index (χ3n) is 2.64. The Morgan fingerprint density at radius 2 is 2.19 bits per heavy atom. The van der Waals surface area contributed by atoms with E-state index in [1.807, 2.05) is 0 Å². The van der Waals surface area contributed by atoms with Gasteiger partial charge in [0.25, 0.3) is 0 Å². The van der Waals surface area contributed by atoms with E-state index in [1.165, 1.54) is 0 Å². The predicted molar refractivity (Wildman–Crippen MR) is 74.8 cm³/mol. The molecule has 0 fully saturated rings. The van der Waals surface area contributed by atoms with Gasteiger partial charge >= 0.3 is 12.0 Å². The molecule has 1 aromatic heterocycles. The van der Waals surface area contributed by atoms with Crippen molar-refractivity contribution >= 4 is 17.7 Å². The first-order valence-corrected chi connectivity index (χ1v) is 6.33. The highest BCUT2D eigenvalue weighted by atomic mass is 16.4. The minimum atomic E-state index is -0.913. The fourth-order valence-electron chi connectivity index (χ4n) is 1.74. The molecule has 110 valence electrons. The van der Waals surface area contributed by atoms with Gasteiger partial charge in [-0.1, -0.05) is 17.3 Å². The molecule has 0 atom stereocenters. The smallest absolute Gasteiger partial charge is 0.319 e. The van der Waals surface area contributed by atoms with Crippen LogP contribution < -0.4 is 10.6 Å². The van der Waals surface area contributed by atoms with E-state index < -0.39 is 5.97 Å². The van der Waals surface area contributed by atoms with Gasteiger partial charge < -0.3 is 15.7 Å². The van der Waals surface area contributed by atoms with E-state index in [-0.39, 0.29) is 12.5 Å². The standard InChI is InChI=1S/C13H15N5O3/c19-12(20)9-10-2-1-3-11(8-10)16-13(21)14-4-6-18-7-5-15-17-18/h1-3,5,7-8H,4,6,9H2,(H,19,20)(H2,14,16,21). The van der Waals surface area contributed by atoms with Gasteiger partial charge in [0.2, 0.25) is 0 Å². The molecule has 2 amide bonds. The Kier molecular flexibility index (Phi) is 4.86. The zero-order valence-corrected chi connectivity index (χ0v) is 11.2. The lowest BCUT2D eigenvalue weighted by molar-refractivity contribution is -0.136. The summed E-state index contributed by atoms with van der Waals surface area (Å²) in [5.74, 6) is -0.913. The van der Waals surface area contributed by atoms with Crippen molar-refractivity contribution in [3.63, 3.8) is 0 Å². The van der Waals surface area contributed by atoms with Crippen molar-refractivity contribution in [2.75, 3.05) is 11.9 Å². The number of hydrogen-bond donors (Lipinski definition) is 3. The molecule has 2 aromatic rings. The maximum atomic E-state index is 11.7. The fraction of sp³-hybridized carbons (Fsp3) is 0.231. The molecule has 0 spiro atoms. The van der Waals surface area contributed by atoms with Gasteiger partial charge in [-0.25, -0.2) is 4.79 Å². The number of nitrogens with one attached hydrogen (secondary N) is 2. The van der Waals surface area contributed by atoms with Crippen LogP contribution in [-0.4, -0.2) is 38.6 Å². The Morgan fingerprint density at radius 3 is 2.90 bits per heavy atom. The van der Waals surface area contributed by atoms with Gasteiger partial charge in [-0.05, 0) is 17.7 Å². The first kappa shape index (κ1) is 14.5. The Hall–Kier alpha value is -2.90. The minimum Gasteiger partial charge on any atom is -0.481 e. The number of benzene rings is 1. The van der Waals surface area contributed by atoms with Crippen molar-refractivity contribution in [2.24, 2.45) is 0 Å². The van der Waals surface area contributed by atoms with Crippen molar-refractivity contribution in [3.8, 4) is 0 Å². The summed E-state index contributed by atoms with van der Waals surface area (Å²) < 4.78 is 1.60. The van der Waals surface area contributed by atoms with Crippen LogP contribution in [0.15, 0.2) is 36.7 Å². The number of nitrogens with zero attached hydrogens (tertiary/aromatic N) is 3. The quantitative estimate of drug-likeness (QED) is 0.726. The monoisotopic (exact) mass is 289 g/mol. The number of aromatic nitrogens is 3. The summed E-state index contributed by atoms with van der Waals surface area (Å²) >= 11 is 0. The number of carbonyl (C=O) groups excluding carboxylic acids is 1. The molecular weight excluding hydrogens is 274 g/mol. The van der Waals surface area contributed by atoms with Crippen molar-refractivity contribution in [1.29, 1.82) is 0 Å². The molecule has 1 heterocycles. The summed E-state index contributed by atoms with van der Waals surface area (Å²) in [7, 11) is 0. The largest absolute Gasteiger partial charge is 0.481 e. The molecule has 0 aliphatic carbocycles. The number of anilines is 1. The topological polar surface area (TPSA) is 109 Å². The average Bonchev–Trinajstić information content (AvgIpc) is 2.91. The minimum absolute atomic E-state index is 0.0799. The molecule has 0 unspecified atom stereocenters. The second kappa shape index (κ2) is 7.04. The van der Waals surface area contributed by atoms with Gasteiger partial charge in [0, 0.05) is 18.4 Å². The summed E-state index contributed by atoms with van der Waals surface area (Å²) in [4.78, 5) is 22.3. The van der Waals surface area contributed by atoms with Crippen LogP contribution in [0, 0.1) is 0 Å². The van der Waals surface area contributed by atoms with Gasteiger partial charge in [0.05, 0.1) is 19.2 Å².